The van der Waals surface area contributed by atoms with E-state index in [0.717, 1.165) is 22.6 Å². The second-order valence-electron chi connectivity index (χ2n) is 10.6. The molecule has 1 aliphatic heterocycles. The first-order valence-corrected chi connectivity index (χ1v) is 13.5. The van der Waals surface area contributed by atoms with Gasteiger partial charge >= 0.3 is 0 Å². The molecule has 0 N–H and O–H groups in total. The second-order valence-corrected chi connectivity index (χ2v) is 11.4. The summed E-state index contributed by atoms with van der Waals surface area (Å²) in [6.45, 7) is 6.86. The van der Waals surface area contributed by atoms with Crippen LogP contribution in [-0.2, 0) is 16.6 Å². The van der Waals surface area contributed by atoms with E-state index in [1.807, 2.05) is 29.3 Å². The van der Waals surface area contributed by atoms with Gasteiger partial charge in [-0.15, -0.1) is 0 Å². The van der Waals surface area contributed by atoms with Gasteiger partial charge in [-0.05, 0) is 59.0 Å². The van der Waals surface area contributed by atoms with Crippen molar-refractivity contribution in [2.45, 2.75) is 38.6 Å². The third-order valence-electron chi connectivity index (χ3n) is 7.05. The van der Waals surface area contributed by atoms with E-state index >= 15 is 0 Å². The molecule has 0 saturated heterocycles. The minimum Gasteiger partial charge on any atom is -0.493 e. The fourth-order valence-corrected chi connectivity index (χ4v) is 5.46. The van der Waals surface area contributed by atoms with Crippen molar-refractivity contribution in [1.82, 2.24) is 14.3 Å². The Morgan fingerprint density at radius 1 is 1.00 bits per heavy atom. The molecule has 7 nitrogen and oxygen atoms in total. The number of nitrogens with zero attached hydrogens (tertiary/aromatic N) is 3. The summed E-state index contributed by atoms with van der Waals surface area (Å²) in [6, 6.07) is 14.5. The average Bonchev–Trinajstić information content (AvgIpc) is 3.29. The molecule has 0 saturated carbocycles. The molecule has 204 valence electrons. The van der Waals surface area contributed by atoms with Gasteiger partial charge in [0.25, 0.3) is 5.91 Å². The molecule has 0 aliphatic carbocycles. The smallest absolute Gasteiger partial charge is 0.261 e. The first kappa shape index (κ1) is 27.2. The van der Waals surface area contributed by atoms with Gasteiger partial charge in [-0.2, -0.15) is 0 Å². The van der Waals surface area contributed by atoms with E-state index in [-0.39, 0.29) is 17.9 Å². The molecule has 0 fully saturated rings. The molecule has 4 aromatic rings. The van der Waals surface area contributed by atoms with Crippen molar-refractivity contribution in [3.05, 3.63) is 87.3 Å². The quantitative estimate of drug-likeness (QED) is 0.266. The number of imidazole rings is 1. The third-order valence-corrected chi connectivity index (χ3v) is 7.58. The molecule has 1 amide bonds. The van der Waals surface area contributed by atoms with Crippen LogP contribution in [0.15, 0.2) is 54.7 Å². The van der Waals surface area contributed by atoms with Gasteiger partial charge in [0.05, 0.1) is 36.7 Å². The van der Waals surface area contributed by atoms with E-state index in [1.165, 1.54) is 5.56 Å². The van der Waals surface area contributed by atoms with E-state index < -0.39 is 6.04 Å². The highest BCUT2D eigenvalue weighted by atomic mass is 35.5. The predicted octanol–water partition coefficient (Wildman–Crippen LogP) is 6.51. The van der Waals surface area contributed by atoms with Gasteiger partial charge in [0.1, 0.15) is 11.4 Å². The summed E-state index contributed by atoms with van der Waals surface area (Å²) in [6.07, 6.45) is 2.67. The van der Waals surface area contributed by atoms with Crippen LogP contribution < -0.4 is 14.2 Å². The Kier molecular flexibility index (Phi) is 7.40. The summed E-state index contributed by atoms with van der Waals surface area (Å²) in [5.74, 6) is 1.43. The average molecular weight is 569 g/mol. The Balaban J connectivity index is 1.57. The van der Waals surface area contributed by atoms with Gasteiger partial charge in [0, 0.05) is 24.2 Å². The fraction of sp³-hybridized carbons (Fsp3) is 0.333. The minimum atomic E-state index is -0.416. The molecule has 3 heterocycles. The number of aromatic nitrogens is 2. The molecule has 5 rings (SSSR count). The van der Waals surface area contributed by atoms with Crippen molar-refractivity contribution in [3.8, 4) is 17.2 Å². The molecule has 39 heavy (non-hydrogen) atoms. The van der Waals surface area contributed by atoms with Crippen molar-refractivity contribution in [1.29, 1.82) is 0 Å². The normalized spacial score (nSPS) is 15.3. The molecular formula is C30H31Cl2N3O4. The Morgan fingerprint density at radius 3 is 2.44 bits per heavy atom. The van der Waals surface area contributed by atoms with E-state index in [9.17, 15) is 4.79 Å². The highest BCUT2D eigenvalue weighted by Crippen LogP contribution is 2.40. The van der Waals surface area contributed by atoms with E-state index in [4.69, 9.17) is 42.4 Å². The number of benzene rings is 2. The number of halogens is 2. The van der Waals surface area contributed by atoms with Crippen molar-refractivity contribution < 1.29 is 19.0 Å². The lowest BCUT2D eigenvalue weighted by Gasteiger charge is -2.36. The zero-order valence-electron chi connectivity index (χ0n) is 22.6. The summed E-state index contributed by atoms with van der Waals surface area (Å²) < 4.78 is 19.0. The summed E-state index contributed by atoms with van der Waals surface area (Å²) in [5.41, 5.74) is 4.83. The number of methoxy groups -OCH3 is 2. The number of carbonyl (C=O) groups is 1. The number of pyridine rings is 1. The molecule has 9 heteroatoms. The standard InChI is InChI=1S/C30H31Cl2N3O4/c1-30(2,3)19-10-12-34-26(15-19)33-22-11-13-35(27(36)17-39-23-9-7-20(31)16-21(23)32)28(29(22)34)18-6-8-24(37-4)25(14-18)38-5/h6-10,12,14-16,28H,11,13,17H2,1-5H3. The van der Waals surface area contributed by atoms with Crippen LogP contribution in [0.2, 0.25) is 10.0 Å². The predicted molar refractivity (Wildman–Crippen MR) is 153 cm³/mol. The van der Waals surface area contributed by atoms with Gasteiger partial charge in [0.2, 0.25) is 0 Å². The van der Waals surface area contributed by atoms with E-state index in [2.05, 4.69) is 37.3 Å². The lowest BCUT2D eigenvalue weighted by molar-refractivity contribution is -0.135. The lowest BCUT2D eigenvalue weighted by atomic mass is 9.88. The number of hydrogen-bond acceptors (Lipinski definition) is 5. The number of amides is 1. The zero-order chi connectivity index (χ0) is 27.9. The lowest BCUT2D eigenvalue weighted by Crippen LogP contribution is -2.43. The summed E-state index contributed by atoms with van der Waals surface area (Å²) >= 11 is 12.3. The largest absolute Gasteiger partial charge is 0.493 e. The van der Waals surface area contributed by atoms with Gasteiger partial charge in [-0.1, -0.05) is 50.0 Å². The molecule has 2 aromatic heterocycles. The maximum Gasteiger partial charge on any atom is 0.261 e. The van der Waals surface area contributed by atoms with E-state index in [1.54, 1.807) is 32.4 Å². The molecule has 0 bridgehead atoms. The highest BCUT2D eigenvalue weighted by molar-refractivity contribution is 6.35. The Labute approximate surface area is 238 Å². The Bertz CT molecular complexity index is 1540. The van der Waals surface area contributed by atoms with Crippen LogP contribution in [0.25, 0.3) is 5.65 Å². The number of hydrogen-bond donors (Lipinski definition) is 0. The number of fused-ring (bicyclic) bond motifs is 3. The van der Waals surface area contributed by atoms with Crippen LogP contribution in [0.4, 0.5) is 0 Å². The topological polar surface area (TPSA) is 65.3 Å². The van der Waals surface area contributed by atoms with Crippen LogP contribution in [-0.4, -0.2) is 47.6 Å². The maximum atomic E-state index is 13.7. The number of carbonyl (C=O) groups excluding carboxylic acids is 1. The first-order valence-electron chi connectivity index (χ1n) is 12.7. The minimum absolute atomic E-state index is 0.0146. The number of ether oxygens (including phenoxy) is 3. The Morgan fingerprint density at radius 2 is 1.74 bits per heavy atom. The summed E-state index contributed by atoms with van der Waals surface area (Å²) in [5, 5.41) is 0.849. The molecule has 1 unspecified atom stereocenters. The van der Waals surface area contributed by atoms with Crippen LogP contribution in [0.3, 0.4) is 0 Å². The van der Waals surface area contributed by atoms with Gasteiger partial charge in [-0.3, -0.25) is 4.79 Å². The zero-order valence-corrected chi connectivity index (χ0v) is 24.1. The summed E-state index contributed by atoms with van der Waals surface area (Å²) in [7, 11) is 3.20. The van der Waals surface area contributed by atoms with Crippen LogP contribution in [0, 0.1) is 0 Å². The Hall–Kier alpha value is -3.42. The highest BCUT2D eigenvalue weighted by Gasteiger charge is 2.36. The van der Waals surface area contributed by atoms with Crippen molar-refractivity contribution >= 4 is 34.8 Å². The van der Waals surface area contributed by atoms with Crippen molar-refractivity contribution in [2.24, 2.45) is 0 Å². The van der Waals surface area contributed by atoms with E-state index in [0.29, 0.717) is 40.3 Å². The molecule has 0 spiro atoms. The van der Waals surface area contributed by atoms with Crippen molar-refractivity contribution in [3.63, 3.8) is 0 Å². The molecule has 0 radical (unpaired) electrons. The monoisotopic (exact) mass is 567 g/mol. The number of rotatable bonds is 6. The molecular weight excluding hydrogens is 537 g/mol. The fourth-order valence-electron chi connectivity index (χ4n) is 5.00. The molecule has 2 aromatic carbocycles. The second kappa shape index (κ2) is 10.6. The SMILES string of the molecule is COc1ccc(C2c3c(nc4cc(C(C)(C)C)ccn34)CCN2C(=O)COc2ccc(Cl)cc2Cl)cc1OC. The molecule has 1 aliphatic rings. The molecule has 1 atom stereocenters. The van der Waals surface area contributed by atoms with Gasteiger partial charge in [-0.25, -0.2) is 4.98 Å². The van der Waals surface area contributed by atoms with Crippen LogP contribution in [0.5, 0.6) is 17.2 Å². The summed E-state index contributed by atoms with van der Waals surface area (Å²) in [4.78, 5) is 20.5. The third kappa shape index (κ3) is 5.25. The van der Waals surface area contributed by atoms with Crippen molar-refractivity contribution in [2.75, 3.05) is 27.4 Å². The van der Waals surface area contributed by atoms with Gasteiger partial charge < -0.3 is 23.5 Å². The van der Waals surface area contributed by atoms with Gasteiger partial charge in [0.15, 0.2) is 18.1 Å². The van der Waals surface area contributed by atoms with Crippen LogP contribution in [0.1, 0.15) is 49.3 Å². The van der Waals surface area contributed by atoms with Crippen LogP contribution >= 0.6 is 23.2 Å². The first-order chi connectivity index (χ1) is 18.6. The maximum absolute atomic E-state index is 13.7.